The van der Waals surface area contributed by atoms with Gasteiger partial charge in [0.15, 0.2) is 0 Å². The van der Waals surface area contributed by atoms with Crippen molar-refractivity contribution in [3.05, 3.63) is 41.7 Å². The quantitative estimate of drug-likeness (QED) is 0.926. The number of hydrogen-bond donors (Lipinski definition) is 1. The lowest BCUT2D eigenvalue weighted by molar-refractivity contribution is 0.0348. The first-order chi connectivity index (χ1) is 11.0. The summed E-state index contributed by atoms with van der Waals surface area (Å²) in [6.07, 6.45) is 3.83. The van der Waals surface area contributed by atoms with Crippen molar-refractivity contribution in [1.29, 1.82) is 0 Å². The van der Waals surface area contributed by atoms with Gasteiger partial charge in [-0.25, -0.2) is 0 Å². The molecule has 0 bridgehead atoms. The molecule has 1 aliphatic heterocycles. The minimum absolute atomic E-state index is 0. The highest BCUT2D eigenvalue weighted by Crippen LogP contribution is 2.52. The van der Waals surface area contributed by atoms with E-state index >= 15 is 0 Å². The molecule has 2 fully saturated rings. The van der Waals surface area contributed by atoms with Crippen molar-refractivity contribution in [2.75, 3.05) is 18.0 Å². The molecule has 130 valence electrons. The normalized spacial score (nSPS) is 21.2. The molecule has 0 radical (unpaired) electrons. The lowest BCUT2D eigenvalue weighted by Gasteiger charge is -2.36. The van der Waals surface area contributed by atoms with Crippen molar-refractivity contribution < 1.29 is 5.11 Å². The second kappa shape index (κ2) is 6.05. The number of halogens is 1. The van der Waals surface area contributed by atoms with Gasteiger partial charge >= 0.3 is 0 Å². The average molecular weight is 349 g/mol. The van der Waals surface area contributed by atoms with E-state index in [1.54, 1.807) is 0 Å². The third kappa shape index (κ3) is 2.80. The van der Waals surface area contributed by atoms with Gasteiger partial charge in [-0.3, -0.25) is 4.57 Å². The Morgan fingerprint density at radius 3 is 2.21 bits per heavy atom. The molecule has 0 amide bonds. The molecular weight excluding hydrogens is 324 g/mol. The SMILES string of the molecule is Cl.Cn1c(N2CCC(C)(O)CC2)nnc1C1(c2ccccc2)CC1. The van der Waals surface area contributed by atoms with Crippen molar-refractivity contribution in [3.63, 3.8) is 0 Å². The number of rotatable bonds is 3. The number of anilines is 1. The zero-order valence-electron chi connectivity index (χ0n) is 14.3. The van der Waals surface area contributed by atoms with Crippen LogP contribution in [0.3, 0.4) is 0 Å². The summed E-state index contributed by atoms with van der Waals surface area (Å²) in [5, 5.41) is 19.2. The summed E-state index contributed by atoms with van der Waals surface area (Å²) >= 11 is 0. The summed E-state index contributed by atoms with van der Waals surface area (Å²) in [4.78, 5) is 2.25. The van der Waals surface area contributed by atoms with Gasteiger partial charge in [0.25, 0.3) is 0 Å². The van der Waals surface area contributed by atoms with Gasteiger partial charge in [-0.05, 0) is 38.2 Å². The highest BCUT2D eigenvalue weighted by molar-refractivity contribution is 5.85. The van der Waals surface area contributed by atoms with Gasteiger partial charge in [-0.2, -0.15) is 0 Å². The first-order valence-electron chi connectivity index (χ1n) is 8.45. The molecule has 1 aromatic carbocycles. The molecule has 0 atom stereocenters. The van der Waals surface area contributed by atoms with Crippen molar-refractivity contribution in [2.45, 2.75) is 43.6 Å². The first-order valence-corrected chi connectivity index (χ1v) is 8.45. The Kier molecular flexibility index (Phi) is 4.34. The number of aliphatic hydroxyl groups is 1. The molecule has 2 aliphatic rings. The Labute approximate surface area is 149 Å². The Morgan fingerprint density at radius 1 is 1.00 bits per heavy atom. The summed E-state index contributed by atoms with van der Waals surface area (Å²) in [7, 11) is 2.07. The van der Waals surface area contributed by atoms with Crippen LogP contribution in [0, 0.1) is 0 Å². The standard InChI is InChI=1S/C18H24N4O.ClH/c1-17(23)10-12-22(13-11-17)16-20-19-15(21(16)2)18(8-9-18)14-6-4-3-5-7-14;/h3-7,23H,8-13H2,1-2H3;1H. The lowest BCUT2D eigenvalue weighted by Crippen LogP contribution is -2.43. The lowest BCUT2D eigenvalue weighted by atomic mass is 9.94. The molecule has 5 nitrogen and oxygen atoms in total. The third-order valence-corrected chi connectivity index (χ3v) is 5.48. The van der Waals surface area contributed by atoms with Crippen LogP contribution in [0.1, 0.15) is 44.0 Å². The van der Waals surface area contributed by atoms with E-state index in [4.69, 9.17) is 0 Å². The molecule has 2 heterocycles. The van der Waals surface area contributed by atoms with Gasteiger partial charge in [0.05, 0.1) is 11.0 Å². The highest BCUT2D eigenvalue weighted by Gasteiger charge is 2.50. The fourth-order valence-corrected chi connectivity index (χ4v) is 3.73. The topological polar surface area (TPSA) is 54.2 Å². The Balaban J connectivity index is 0.00000169. The third-order valence-electron chi connectivity index (χ3n) is 5.48. The van der Waals surface area contributed by atoms with Crippen LogP contribution in [-0.2, 0) is 12.5 Å². The fourth-order valence-electron chi connectivity index (χ4n) is 3.73. The Hall–Kier alpha value is -1.59. The number of piperidine rings is 1. The number of nitrogens with zero attached hydrogens (tertiary/aromatic N) is 4. The minimum atomic E-state index is -0.542. The Bertz CT molecular complexity index is 699. The average Bonchev–Trinajstić information content (AvgIpc) is 3.26. The summed E-state index contributed by atoms with van der Waals surface area (Å²) in [6, 6.07) is 10.6. The molecule has 1 N–H and O–H groups in total. The molecule has 24 heavy (non-hydrogen) atoms. The number of benzene rings is 1. The van der Waals surface area contributed by atoms with Crippen molar-refractivity contribution in [2.24, 2.45) is 7.05 Å². The summed E-state index contributed by atoms with van der Waals surface area (Å²) in [6.45, 7) is 3.58. The van der Waals surface area contributed by atoms with E-state index in [-0.39, 0.29) is 17.8 Å². The zero-order chi connectivity index (χ0) is 16.1. The van der Waals surface area contributed by atoms with E-state index in [0.717, 1.165) is 50.5 Å². The Morgan fingerprint density at radius 2 is 1.62 bits per heavy atom. The monoisotopic (exact) mass is 348 g/mol. The maximum atomic E-state index is 10.1. The van der Waals surface area contributed by atoms with Crippen molar-refractivity contribution in [1.82, 2.24) is 14.8 Å². The van der Waals surface area contributed by atoms with Crippen LogP contribution in [0.2, 0.25) is 0 Å². The van der Waals surface area contributed by atoms with Crippen LogP contribution in [0.5, 0.6) is 0 Å². The zero-order valence-corrected chi connectivity index (χ0v) is 15.1. The molecule has 1 saturated heterocycles. The van der Waals surface area contributed by atoms with E-state index in [2.05, 4.69) is 57.0 Å². The molecule has 4 rings (SSSR count). The molecule has 6 heteroatoms. The first kappa shape index (κ1) is 17.2. The summed E-state index contributed by atoms with van der Waals surface area (Å²) in [5.74, 6) is 1.99. The molecule has 1 aromatic heterocycles. The number of hydrogen-bond acceptors (Lipinski definition) is 4. The van der Waals surface area contributed by atoms with E-state index in [1.807, 2.05) is 6.92 Å². The highest BCUT2D eigenvalue weighted by atomic mass is 35.5. The molecule has 2 aromatic rings. The van der Waals surface area contributed by atoms with E-state index in [9.17, 15) is 5.11 Å². The van der Waals surface area contributed by atoms with Crippen LogP contribution in [-0.4, -0.2) is 38.6 Å². The second-order valence-electron chi connectivity index (χ2n) is 7.31. The second-order valence-corrected chi connectivity index (χ2v) is 7.31. The van der Waals surface area contributed by atoms with Gasteiger partial charge in [0.2, 0.25) is 5.95 Å². The van der Waals surface area contributed by atoms with Crippen LogP contribution in [0.25, 0.3) is 0 Å². The molecule has 1 aliphatic carbocycles. The number of aromatic nitrogens is 3. The van der Waals surface area contributed by atoms with Crippen molar-refractivity contribution >= 4 is 18.4 Å². The van der Waals surface area contributed by atoms with E-state index in [1.165, 1.54) is 5.56 Å². The molecular formula is C18H25ClN4O. The predicted octanol–water partition coefficient (Wildman–Crippen LogP) is 2.67. The fraction of sp³-hybridized carbons (Fsp3) is 0.556. The summed E-state index contributed by atoms with van der Waals surface area (Å²) < 4.78 is 2.15. The maximum absolute atomic E-state index is 10.1. The van der Waals surface area contributed by atoms with Crippen LogP contribution in [0.4, 0.5) is 5.95 Å². The predicted molar refractivity (Wildman–Crippen MR) is 96.8 cm³/mol. The van der Waals surface area contributed by atoms with Gasteiger partial charge in [-0.1, -0.05) is 30.3 Å². The van der Waals surface area contributed by atoms with E-state index in [0.29, 0.717) is 0 Å². The van der Waals surface area contributed by atoms with Crippen LogP contribution >= 0.6 is 12.4 Å². The largest absolute Gasteiger partial charge is 0.390 e. The van der Waals surface area contributed by atoms with Crippen LogP contribution < -0.4 is 4.90 Å². The maximum Gasteiger partial charge on any atom is 0.226 e. The molecule has 1 saturated carbocycles. The van der Waals surface area contributed by atoms with Crippen LogP contribution in [0.15, 0.2) is 30.3 Å². The molecule has 0 unspecified atom stereocenters. The molecule has 0 spiro atoms. The van der Waals surface area contributed by atoms with Gasteiger partial charge in [0.1, 0.15) is 5.82 Å². The van der Waals surface area contributed by atoms with E-state index < -0.39 is 5.60 Å². The smallest absolute Gasteiger partial charge is 0.226 e. The summed E-state index contributed by atoms with van der Waals surface area (Å²) in [5.41, 5.74) is 0.839. The van der Waals surface area contributed by atoms with Crippen molar-refractivity contribution in [3.8, 4) is 0 Å². The minimum Gasteiger partial charge on any atom is -0.390 e. The van der Waals surface area contributed by atoms with Gasteiger partial charge < -0.3 is 10.0 Å². The van der Waals surface area contributed by atoms with Gasteiger partial charge in [0, 0.05) is 20.1 Å². The van der Waals surface area contributed by atoms with Gasteiger partial charge in [-0.15, -0.1) is 22.6 Å².